The molecule has 4 aromatic carbocycles. The maximum Gasteiger partial charge on any atom is 0.146 e. The van der Waals surface area contributed by atoms with Gasteiger partial charge in [0.05, 0.1) is 16.4 Å². The monoisotopic (exact) mass is 450 g/mol. The van der Waals surface area contributed by atoms with Crippen LogP contribution in [0.1, 0.15) is 25.0 Å². The summed E-state index contributed by atoms with van der Waals surface area (Å²) in [4.78, 5) is 4.30. The lowest BCUT2D eigenvalue weighted by Gasteiger charge is -2.24. The molecule has 0 N–H and O–H groups in total. The molecule has 0 saturated carbocycles. The number of para-hydroxylation sites is 2. The Morgan fingerprint density at radius 2 is 1.46 bits per heavy atom. The van der Waals surface area contributed by atoms with Gasteiger partial charge in [-0.3, -0.25) is 4.98 Å². The van der Waals surface area contributed by atoms with Crippen LogP contribution in [0.15, 0.2) is 102 Å². The van der Waals surface area contributed by atoms with E-state index in [0.29, 0.717) is 0 Å². The van der Waals surface area contributed by atoms with E-state index < -0.39 is 0 Å². The van der Waals surface area contributed by atoms with E-state index in [1.54, 1.807) is 0 Å². The van der Waals surface area contributed by atoms with Gasteiger partial charge < -0.3 is 8.98 Å². The standard InChI is InChI=1S/C32H22N2O/c1-32(2)23-12-6-3-9-20(23)26-27-22-11-5-8-14-25(22)35-31(27)28-21-10-4-7-13-24(21)34(30(28)29(26)32)19-15-17-33-18-16-19/h3-18H,1-2H3. The molecule has 8 rings (SSSR count). The maximum atomic E-state index is 6.71. The van der Waals surface area contributed by atoms with Gasteiger partial charge in [-0.25, -0.2) is 0 Å². The molecule has 0 radical (unpaired) electrons. The topological polar surface area (TPSA) is 31.0 Å². The zero-order valence-electron chi connectivity index (χ0n) is 19.5. The zero-order chi connectivity index (χ0) is 23.3. The minimum atomic E-state index is -0.171. The van der Waals surface area contributed by atoms with Crippen LogP contribution in [-0.4, -0.2) is 9.55 Å². The first-order valence-corrected chi connectivity index (χ1v) is 12.1. The smallest absolute Gasteiger partial charge is 0.146 e. The molecule has 0 bridgehead atoms. The molecule has 0 fully saturated rings. The summed E-state index contributed by atoms with van der Waals surface area (Å²) >= 11 is 0. The summed E-state index contributed by atoms with van der Waals surface area (Å²) < 4.78 is 9.11. The Morgan fingerprint density at radius 3 is 2.31 bits per heavy atom. The van der Waals surface area contributed by atoms with Crippen molar-refractivity contribution in [2.75, 3.05) is 0 Å². The molecule has 0 atom stereocenters. The Balaban J connectivity index is 1.76. The van der Waals surface area contributed by atoms with E-state index in [2.05, 4.69) is 108 Å². The van der Waals surface area contributed by atoms with Gasteiger partial charge in [-0.05, 0) is 46.5 Å². The van der Waals surface area contributed by atoms with Gasteiger partial charge in [0.2, 0.25) is 0 Å². The molecule has 3 heteroatoms. The molecule has 3 nitrogen and oxygen atoms in total. The number of rotatable bonds is 1. The number of nitrogens with zero attached hydrogens (tertiary/aromatic N) is 2. The normalized spacial score (nSPS) is 14.2. The van der Waals surface area contributed by atoms with Crippen molar-refractivity contribution in [1.82, 2.24) is 9.55 Å². The number of hydrogen-bond donors (Lipinski definition) is 0. The maximum absolute atomic E-state index is 6.71. The third-order valence-corrected chi connectivity index (χ3v) is 7.85. The first-order valence-electron chi connectivity index (χ1n) is 12.1. The first kappa shape index (κ1) is 19.0. The average Bonchev–Trinajstić information content (AvgIpc) is 3.51. The number of benzene rings is 4. The molecule has 166 valence electrons. The fourth-order valence-corrected chi connectivity index (χ4v) is 6.44. The molecule has 0 unspecified atom stereocenters. The van der Waals surface area contributed by atoms with Crippen molar-refractivity contribution >= 4 is 43.7 Å². The second-order valence-corrected chi connectivity index (χ2v) is 10.0. The number of fused-ring (bicyclic) bond motifs is 12. The third-order valence-electron chi connectivity index (χ3n) is 7.85. The summed E-state index contributed by atoms with van der Waals surface area (Å²) in [6, 6.07) is 30.2. The molecule has 0 aliphatic heterocycles. The molecule has 0 spiro atoms. The summed E-state index contributed by atoms with van der Waals surface area (Å²) in [5.74, 6) is 0. The van der Waals surface area contributed by atoms with Crippen LogP contribution in [-0.2, 0) is 5.41 Å². The lowest BCUT2D eigenvalue weighted by Crippen LogP contribution is -2.16. The van der Waals surface area contributed by atoms with E-state index in [9.17, 15) is 0 Å². The molecule has 1 aliphatic rings. The second-order valence-electron chi connectivity index (χ2n) is 10.0. The first-order chi connectivity index (χ1) is 17.2. The molecular formula is C32H22N2O. The largest absolute Gasteiger partial charge is 0.455 e. The van der Waals surface area contributed by atoms with Gasteiger partial charge >= 0.3 is 0 Å². The van der Waals surface area contributed by atoms with Gasteiger partial charge in [0, 0.05) is 39.7 Å². The molecule has 0 amide bonds. The summed E-state index contributed by atoms with van der Waals surface area (Å²) in [6.07, 6.45) is 3.74. The van der Waals surface area contributed by atoms with Gasteiger partial charge in [0.1, 0.15) is 11.2 Å². The van der Waals surface area contributed by atoms with Gasteiger partial charge in [-0.1, -0.05) is 74.5 Å². The Morgan fingerprint density at radius 1 is 0.743 bits per heavy atom. The number of aromatic nitrogens is 2. The van der Waals surface area contributed by atoms with Crippen LogP contribution in [0.4, 0.5) is 0 Å². The lowest BCUT2D eigenvalue weighted by molar-refractivity contribution is 0.662. The highest BCUT2D eigenvalue weighted by molar-refractivity contribution is 6.30. The predicted octanol–water partition coefficient (Wildman–Crippen LogP) is 8.38. The highest BCUT2D eigenvalue weighted by Crippen LogP contribution is 2.57. The SMILES string of the molecule is CC1(C)c2ccccc2-c2c1c1c(c3ccccc3n1-c1ccncc1)c1oc3ccccc3c21. The van der Waals surface area contributed by atoms with Crippen molar-refractivity contribution < 1.29 is 4.42 Å². The van der Waals surface area contributed by atoms with Crippen LogP contribution in [0.25, 0.3) is 60.6 Å². The minimum absolute atomic E-state index is 0.171. The molecule has 3 heterocycles. The summed E-state index contributed by atoms with van der Waals surface area (Å²) in [7, 11) is 0. The second kappa shape index (κ2) is 6.39. The van der Waals surface area contributed by atoms with Gasteiger partial charge in [-0.2, -0.15) is 0 Å². The number of pyridine rings is 1. The highest BCUT2D eigenvalue weighted by Gasteiger charge is 2.41. The Bertz CT molecular complexity index is 1970. The van der Waals surface area contributed by atoms with Crippen LogP contribution in [0.2, 0.25) is 0 Å². The molecule has 3 aromatic heterocycles. The Labute approximate surface area is 202 Å². The van der Waals surface area contributed by atoms with Crippen LogP contribution in [0, 0.1) is 0 Å². The van der Waals surface area contributed by atoms with E-state index in [4.69, 9.17) is 4.42 Å². The zero-order valence-corrected chi connectivity index (χ0v) is 19.5. The number of furan rings is 1. The van der Waals surface area contributed by atoms with Crippen LogP contribution >= 0.6 is 0 Å². The number of hydrogen-bond acceptors (Lipinski definition) is 2. The van der Waals surface area contributed by atoms with Crippen molar-refractivity contribution in [2.24, 2.45) is 0 Å². The van der Waals surface area contributed by atoms with Crippen molar-refractivity contribution in [3.63, 3.8) is 0 Å². The van der Waals surface area contributed by atoms with E-state index in [1.807, 2.05) is 12.4 Å². The predicted molar refractivity (Wildman–Crippen MR) is 143 cm³/mol. The molecule has 1 aliphatic carbocycles. The summed E-state index contributed by atoms with van der Waals surface area (Å²) in [5.41, 5.74) is 10.6. The van der Waals surface area contributed by atoms with E-state index in [0.717, 1.165) is 16.9 Å². The van der Waals surface area contributed by atoms with Crippen LogP contribution in [0.3, 0.4) is 0 Å². The molecule has 7 aromatic rings. The van der Waals surface area contributed by atoms with E-state index >= 15 is 0 Å². The molecular weight excluding hydrogens is 428 g/mol. The fraction of sp³-hybridized carbons (Fsp3) is 0.0938. The minimum Gasteiger partial charge on any atom is -0.455 e. The van der Waals surface area contributed by atoms with Crippen molar-refractivity contribution in [1.29, 1.82) is 0 Å². The van der Waals surface area contributed by atoms with Crippen molar-refractivity contribution in [2.45, 2.75) is 19.3 Å². The van der Waals surface area contributed by atoms with Crippen molar-refractivity contribution in [3.8, 4) is 16.8 Å². The van der Waals surface area contributed by atoms with Gasteiger partial charge in [-0.15, -0.1) is 0 Å². The van der Waals surface area contributed by atoms with E-state index in [-0.39, 0.29) is 5.41 Å². The summed E-state index contributed by atoms with van der Waals surface area (Å²) in [6.45, 7) is 4.72. The fourth-order valence-electron chi connectivity index (χ4n) is 6.44. The summed E-state index contributed by atoms with van der Waals surface area (Å²) in [5, 5.41) is 4.79. The third kappa shape index (κ3) is 2.23. The van der Waals surface area contributed by atoms with E-state index in [1.165, 1.54) is 54.8 Å². The molecule has 0 saturated heterocycles. The Hall–Kier alpha value is -4.37. The van der Waals surface area contributed by atoms with Crippen LogP contribution in [0.5, 0.6) is 0 Å². The highest BCUT2D eigenvalue weighted by atomic mass is 16.3. The lowest BCUT2D eigenvalue weighted by atomic mass is 9.81. The Kier molecular flexibility index (Phi) is 3.47. The average molecular weight is 451 g/mol. The molecule has 35 heavy (non-hydrogen) atoms. The van der Waals surface area contributed by atoms with Crippen LogP contribution < -0.4 is 0 Å². The van der Waals surface area contributed by atoms with Gasteiger partial charge in [0.15, 0.2) is 0 Å². The van der Waals surface area contributed by atoms with Crippen molar-refractivity contribution in [3.05, 3.63) is 108 Å². The quantitative estimate of drug-likeness (QED) is 0.251. The van der Waals surface area contributed by atoms with Gasteiger partial charge in [0.25, 0.3) is 0 Å².